The molecule has 1 aromatic carbocycles. The molecule has 4 heterocycles. The van der Waals surface area contributed by atoms with Crippen LogP contribution < -0.4 is 15.0 Å². The van der Waals surface area contributed by atoms with Gasteiger partial charge in [-0.3, -0.25) is 19.3 Å². The Balaban J connectivity index is 1.11. The molecule has 5 rings (SSSR count). The van der Waals surface area contributed by atoms with Crippen molar-refractivity contribution in [2.45, 2.75) is 38.2 Å². The molecule has 0 spiro atoms. The molecule has 212 valence electrons. The van der Waals surface area contributed by atoms with Crippen LogP contribution >= 0.6 is 0 Å². The first-order valence-corrected chi connectivity index (χ1v) is 12.9. The van der Waals surface area contributed by atoms with Crippen LogP contribution in [0, 0.1) is 0 Å². The van der Waals surface area contributed by atoms with Gasteiger partial charge in [0.1, 0.15) is 11.5 Å². The van der Waals surface area contributed by atoms with E-state index in [0.717, 1.165) is 18.7 Å². The number of alkyl halides is 3. The summed E-state index contributed by atoms with van der Waals surface area (Å²) < 4.78 is 43.1. The number of nitrogens with zero attached hydrogens (tertiary/aromatic N) is 6. The molecule has 1 unspecified atom stereocenters. The van der Waals surface area contributed by atoms with Crippen LogP contribution in [0.3, 0.4) is 0 Å². The minimum Gasteiger partial charge on any atom is -0.406 e. The number of Topliss-reactive ketones (excluding diaryl/α,β-unsaturated/α-hetero) is 1. The van der Waals surface area contributed by atoms with Crippen LogP contribution in [0.15, 0.2) is 73.2 Å². The summed E-state index contributed by atoms with van der Waals surface area (Å²) in [5.74, 6) is -0.154. The molecular formula is C28H26F3N7O3. The van der Waals surface area contributed by atoms with Crippen molar-refractivity contribution in [1.82, 2.24) is 30.3 Å². The van der Waals surface area contributed by atoms with Crippen LogP contribution in [0.4, 0.5) is 19.0 Å². The highest BCUT2D eigenvalue weighted by Gasteiger charge is 2.31. The fourth-order valence-corrected chi connectivity index (χ4v) is 4.56. The van der Waals surface area contributed by atoms with Crippen LogP contribution in [0.25, 0.3) is 0 Å². The second kappa shape index (κ2) is 12.1. The number of aromatic nitrogens is 5. The topological polar surface area (TPSA) is 115 Å². The lowest BCUT2D eigenvalue weighted by Crippen LogP contribution is -2.23. The molecular weight excluding hydrogens is 539 g/mol. The number of rotatable bonds is 10. The summed E-state index contributed by atoms with van der Waals surface area (Å²) in [6.45, 7) is 1.67. The quantitative estimate of drug-likeness (QED) is 0.310. The molecule has 13 heteroatoms. The van der Waals surface area contributed by atoms with E-state index in [9.17, 15) is 22.8 Å². The Morgan fingerprint density at radius 2 is 1.90 bits per heavy atom. The van der Waals surface area contributed by atoms with Crippen molar-refractivity contribution in [2.75, 3.05) is 18.0 Å². The molecule has 1 N–H and O–H groups in total. The summed E-state index contributed by atoms with van der Waals surface area (Å²) in [6, 6.07) is 14.4. The Labute approximate surface area is 233 Å². The van der Waals surface area contributed by atoms with E-state index in [2.05, 4.69) is 35.2 Å². The standard InChI is InChI=1S/C28H26F3N7O3/c29-28(30,31)41-25-6-3-4-19(13-25)12-24(39)14-21-7-8-26(36-35-21)37-11-9-23(18-37)38-17-20(15-34-38)27(40)33-16-22-5-1-2-10-32-22/h1-8,10,13,15,17,23H,9,11-12,14,16,18H2,(H,33,40). The third-order valence-electron chi connectivity index (χ3n) is 6.50. The van der Waals surface area contributed by atoms with Gasteiger partial charge in [-0.05, 0) is 48.4 Å². The van der Waals surface area contributed by atoms with Gasteiger partial charge in [-0.2, -0.15) is 10.2 Å². The molecule has 1 amide bonds. The number of ketones is 1. The lowest BCUT2D eigenvalue weighted by Gasteiger charge is -2.17. The number of nitrogens with one attached hydrogen (secondary N) is 1. The second-order valence-electron chi connectivity index (χ2n) is 9.57. The van der Waals surface area contributed by atoms with Gasteiger partial charge in [0.05, 0.1) is 42.2 Å². The zero-order valence-electron chi connectivity index (χ0n) is 21.8. The van der Waals surface area contributed by atoms with Gasteiger partial charge in [-0.15, -0.1) is 18.3 Å². The molecule has 1 saturated heterocycles. The van der Waals surface area contributed by atoms with Crippen molar-refractivity contribution in [3.05, 3.63) is 95.7 Å². The largest absolute Gasteiger partial charge is 0.573 e. The smallest absolute Gasteiger partial charge is 0.406 e. The van der Waals surface area contributed by atoms with Crippen molar-refractivity contribution < 1.29 is 27.5 Å². The molecule has 1 atom stereocenters. The number of hydrogen-bond donors (Lipinski definition) is 1. The maximum atomic E-state index is 12.5. The first-order valence-electron chi connectivity index (χ1n) is 12.9. The van der Waals surface area contributed by atoms with Crippen molar-refractivity contribution in [1.29, 1.82) is 0 Å². The van der Waals surface area contributed by atoms with Crippen LogP contribution in [0.1, 0.15) is 39.8 Å². The molecule has 0 radical (unpaired) electrons. The number of hydrogen-bond acceptors (Lipinski definition) is 8. The summed E-state index contributed by atoms with van der Waals surface area (Å²) in [5.41, 5.74) is 2.11. The van der Waals surface area contributed by atoms with Gasteiger partial charge in [0.15, 0.2) is 5.82 Å². The lowest BCUT2D eigenvalue weighted by atomic mass is 10.1. The third-order valence-corrected chi connectivity index (χ3v) is 6.50. The number of ether oxygens (including phenoxy) is 1. The molecule has 0 saturated carbocycles. The first kappa shape index (κ1) is 27.7. The zero-order valence-corrected chi connectivity index (χ0v) is 21.8. The Kier molecular flexibility index (Phi) is 8.22. The van der Waals surface area contributed by atoms with Crippen LogP contribution in [0.5, 0.6) is 5.75 Å². The molecule has 1 fully saturated rings. The summed E-state index contributed by atoms with van der Waals surface area (Å²) in [4.78, 5) is 31.3. The summed E-state index contributed by atoms with van der Waals surface area (Å²) in [6.07, 6.45) is 0.892. The van der Waals surface area contributed by atoms with Crippen LogP contribution in [0.2, 0.25) is 0 Å². The maximum absolute atomic E-state index is 12.5. The van der Waals surface area contributed by atoms with E-state index < -0.39 is 6.36 Å². The fourth-order valence-electron chi connectivity index (χ4n) is 4.56. The first-order chi connectivity index (χ1) is 19.7. The Hall–Kier alpha value is -4.81. The molecule has 3 aromatic heterocycles. The van der Waals surface area contributed by atoms with E-state index >= 15 is 0 Å². The van der Waals surface area contributed by atoms with Gasteiger partial charge in [0.2, 0.25) is 0 Å². The van der Waals surface area contributed by atoms with E-state index in [0.29, 0.717) is 35.7 Å². The summed E-state index contributed by atoms with van der Waals surface area (Å²) in [7, 11) is 0. The predicted octanol–water partition coefficient (Wildman–Crippen LogP) is 3.70. The third kappa shape index (κ3) is 7.65. The Morgan fingerprint density at radius 1 is 1.02 bits per heavy atom. The van der Waals surface area contributed by atoms with E-state index in [1.165, 1.54) is 18.2 Å². The van der Waals surface area contributed by atoms with Crippen molar-refractivity contribution in [2.24, 2.45) is 0 Å². The predicted molar refractivity (Wildman–Crippen MR) is 141 cm³/mol. The molecule has 10 nitrogen and oxygen atoms in total. The van der Waals surface area contributed by atoms with Gasteiger partial charge in [0, 0.05) is 31.9 Å². The average molecular weight is 566 g/mol. The number of pyridine rings is 1. The van der Waals surface area contributed by atoms with Gasteiger partial charge in [-0.25, -0.2) is 0 Å². The highest BCUT2D eigenvalue weighted by molar-refractivity contribution is 5.93. The second-order valence-corrected chi connectivity index (χ2v) is 9.57. The van der Waals surface area contributed by atoms with Crippen molar-refractivity contribution >= 4 is 17.5 Å². The SMILES string of the molecule is O=C(Cc1cccc(OC(F)(F)F)c1)Cc1ccc(N2CCC(n3cc(C(=O)NCc4ccccn4)cn3)C2)nn1. The molecule has 4 aromatic rings. The van der Waals surface area contributed by atoms with E-state index in [4.69, 9.17) is 0 Å². The van der Waals surface area contributed by atoms with Gasteiger partial charge >= 0.3 is 6.36 Å². The number of carbonyl (C=O) groups is 2. The maximum Gasteiger partial charge on any atom is 0.573 e. The minimum absolute atomic E-state index is 0.00127. The van der Waals surface area contributed by atoms with E-state index in [1.54, 1.807) is 41.5 Å². The highest BCUT2D eigenvalue weighted by atomic mass is 19.4. The zero-order chi connectivity index (χ0) is 28.8. The molecule has 1 aliphatic rings. The number of amides is 1. The van der Waals surface area contributed by atoms with Gasteiger partial charge in [-0.1, -0.05) is 18.2 Å². The number of halogens is 3. The van der Waals surface area contributed by atoms with Crippen LogP contribution in [-0.4, -0.2) is 56.1 Å². The van der Waals surface area contributed by atoms with Gasteiger partial charge < -0.3 is 15.0 Å². The normalized spacial score (nSPS) is 15.1. The fraction of sp³-hybridized carbons (Fsp3) is 0.286. The summed E-state index contributed by atoms with van der Waals surface area (Å²) >= 11 is 0. The lowest BCUT2D eigenvalue weighted by molar-refractivity contribution is -0.274. The Bertz CT molecular complexity index is 1490. The summed E-state index contributed by atoms with van der Waals surface area (Å²) in [5, 5.41) is 15.7. The molecule has 1 aliphatic heterocycles. The monoisotopic (exact) mass is 565 g/mol. The minimum atomic E-state index is -4.80. The van der Waals surface area contributed by atoms with Crippen molar-refractivity contribution in [3.63, 3.8) is 0 Å². The van der Waals surface area contributed by atoms with E-state index in [1.807, 2.05) is 18.2 Å². The van der Waals surface area contributed by atoms with Gasteiger partial charge in [0.25, 0.3) is 5.91 Å². The molecule has 0 aliphatic carbocycles. The number of benzene rings is 1. The van der Waals surface area contributed by atoms with Crippen LogP contribution in [-0.2, 0) is 24.2 Å². The number of anilines is 1. The highest BCUT2D eigenvalue weighted by Crippen LogP contribution is 2.26. The van der Waals surface area contributed by atoms with E-state index in [-0.39, 0.29) is 36.3 Å². The number of carbonyl (C=O) groups excluding carboxylic acids is 2. The van der Waals surface area contributed by atoms with Crippen molar-refractivity contribution in [3.8, 4) is 5.75 Å². The molecule has 0 bridgehead atoms. The Morgan fingerprint density at radius 3 is 2.66 bits per heavy atom. The molecule has 41 heavy (non-hydrogen) atoms. The average Bonchev–Trinajstić information content (AvgIpc) is 3.63.